The molecule has 2 aromatic heterocycles. The molecule has 4 rings (SSSR count). The number of anilines is 1. The van der Waals surface area contributed by atoms with Crippen molar-refractivity contribution in [1.29, 1.82) is 0 Å². The van der Waals surface area contributed by atoms with E-state index in [-0.39, 0.29) is 12.0 Å². The highest BCUT2D eigenvalue weighted by atomic mass is 16.5. The van der Waals surface area contributed by atoms with Crippen LogP contribution >= 0.6 is 0 Å². The van der Waals surface area contributed by atoms with Crippen molar-refractivity contribution in [3.63, 3.8) is 0 Å². The van der Waals surface area contributed by atoms with E-state index in [1.54, 1.807) is 24.5 Å². The van der Waals surface area contributed by atoms with Gasteiger partial charge in [0, 0.05) is 44.0 Å². The first-order chi connectivity index (χ1) is 11.8. The summed E-state index contributed by atoms with van der Waals surface area (Å²) in [5.74, 6) is 1.62. The number of carbonyl (C=O) groups excluding carboxylic acids is 1. The zero-order valence-corrected chi connectivity index (χ0v) is 13.2. The number of ether oxygens (including phenoxy) is 1. The highest BCUT2D eigenvalue weighted by Gasteiger charge is 2.42. The van der Waals surface area contributed by atoms with Crippen LogP contribution < -0.4 is 5.32 Å². The lowest BCUT2D eigenvalue weighted by Gasteiger charge is -2.35. The molecule has 24 heavy (non-hydrogen) atoms. The minimum Gasteiger partial charge on any atom is -0.376 e. The van der Waals surface area contributed by atoms with Crippen LogP contribution in [0.3, 0.4) is 0 Å². The molecule has 8 nitrogen and oxygen atoms in total. The summed E-state index contributed by atoms with van der Waals surface area (Å²) < 4.78 is 10.9. The Bertz CT molecular complexity index is 678. The summed E-state index contributed by atoms with van der Waals surface area (Å²) in [4.78, 5) is 22.5. The zero-order chi connectivity index (χ0) is 16.4. The minimum absolute atomic E-state index is 0.0924. The van der Waals surface area contributed by atoms with Crippen LogP contribution in [0.4, 0.5) is 5.95 Å². The lowest BCUT2D eigenvalue weighted by Crippen LogP contribution is -2.45. The molecule has 0 unspecified atom stereocenters. The van der Waals surface area contributed by atoms with E-state index in [9.17, 15) is 4.79 Å². The van der Waals surface area contributed by atoms with Gasteiger partial charge in [-0.1, -0.05) is 5.16 Å². The largest absolute Gasteiger partial charge is 0.376 e. The summed E-state index contributed by atoms with van der Waals surface area (Å²) in [6.07, 6.45) is 5.96. The number of likely N-dealkylation sites (tertiary alicyclic amines) is 1. The van der Waals surface area contributed by atoms with Crippen molar-refractivity contribution in [2.75, 3.05) is 31.6 Å². The van der Waals surface area contributed by atoms with Crippen LogP contribution in [0, 0.1) is 11.8 Å². The van der Waals surface area contributed by atoms with E-state index in [1.807, 2.05) is 4.90 Å². The summed E-state index contributed by atoms with van der Waals surface area (Å²) in [7, 11) is 0. The highest BCUT2D eigenvalue weighted by Crippen LogP contribution is 2.34. The monoisotopic (exact) mass is 329 g/mol. The molecule has 0 aliphatic carbocycles. The second-order valence-electron chi connectivity index (χ2n) is 6.17. The fraction of sp³-hybridized carbons (Fsp3) is 0.500. The lowest BCUT2D eigenvalue weighted by molar-refractivity contribution is 0.0582. The van der Waals surface area contributed by atoms with Crippen LogP contribution in [0.2, 0.25) is 0 Å². The standard InChI is InChI=1S/C16H19N5O3/c22-15(13-2-6-20-24-13)21-7-3-12-11(9-21)10-23-14(12)8-19-16-17-4-1-5-18-16/h1-2,4-6,11-12,14H,3,7-10H2,(H,17,18,19)/t11-,12-,14-/m1/s1. The molecule has 0 spiro atoms. The van der Waals surface area contributed by atoms with E-state index in [0.717, 1.165) is 6.42 Å². The maximum Gasteiger partial charge on any atom is 0.292 e. The minimum atomic E-state index is -0.0924. The van der Waals surface area contributed by atoms with Crippen molar-refractivity contribution >= 4 is 11.9 Å². The number of carbonyl (C=O) groups is 1. The Morgan fingerprint density at radius 2 is 2.21 bits per heavy atom. The first-order valence-corrected chi connectivity index (χ1v) is 8.13. The predicted octanol–water partition coefficient (Wildman–Crippen LogP) is 1.05. The second-order valence-corrected chi connectivity index (χ2v) is 6.17. The first-order valence-electron chi connectivity index (χ1n) is 8.13. The van der Waals surface area contributed by atoms with E-state index in [0.29, 0.717) is 49.8 Å². The van der Waals surface area contributed by atoms with E-state index in [4.69, 9.17) is 9.26 Å². The third kappa shape index (κ3) is 2.96. The van der Waals surface area contributed by atoms with Gasteiger partial charge < -0.3 is 19.5 Å². The Labute approximate surface area is 139 Å². The molecule has 1 N–H and O–H groups in total. The molecule has 0 saturated carbocycles. The lowest BCUT2D eigenvalue weighted by atomic mass is 9.84. The molecule has 2 aliphatic heterocycles. The Hall–Kier alpha value is -2.48. The molecule has 2 fully saturated rings. The van der Waals surface area contributed by atoms with Crippen molar-refractivity contribution < 1.29 is 14.1 Å². The van der Waals surface area contributed by atoms with Gasteiger partial charge in [-0.05, 0) is 18.4 Å². The molecular formula is C16H19N5O3. The number of amides is 1. The van der Waals surface area contributed by atoms with Crippen molar-refractivity contribution in [3.05, 3.63) is 36.5 Å². The maximum atomic E-state index is 12.4. The van der Waals surface area contributed by atoms with Crippen molar-refractivity contribution in [2.24, 2.45) is 11.8 Å². The molecule has 0 bridgehead atoms. The zero-order valence-electron chi connectivity index (χ0n) is 13.2. The van der Waals surface area contributed by atoms with Crippen molar-refractivity contribution in [2.45, 2.75) is 12.5 Å². The number of hydrogen-bond donors (Lipinski definition) is 1. The fourth-order valence-electron chi connectivity index (χ4n) is 3.55. The summed E-state index contributed by atoms with van der Waals surface area (Å²) >= 11 is 0. The number of hydrogen-bond acceptors (Lipinski definition) is 7. The number of piperidine rings is 1. The second kappa shape index (κ2) is 6.56. The third-order valence-electron chi connectivity index (χ3n) is 4.76. The van der Waals surface area contributed by atoms with Gasteiger partial charge in [-0.15, -0.1) is 0 Å². The molecule has 1 amide bonds. The van der Waals surface area contributed by atoms with Crippen LogP contribution in [0.25, 0.3) is 0 Å². The number of rotatable bonds is 4. The number of nitrogens with zero attached hydrogens (tertiary/aromatic N) is 4. The number of aromatic nitrogens is 3. The summed E-state index contributed by atoms with van der Waals surface area (Å²) in [5, 5.41) is 6.83. The maximum absolute atomic E-state index is 12.4. The van der Waals surface area contributed by atoms with Gasteiger partial charge >= 0.3 is 0 Å². The van der Waals surface area contributed by atoms with E-state index in [1.165, 1.54) is 6.20 Å². The normalized spacial score (nSPS) is 26.2. The molecular weight excluding hydrogens is 310 g/mol. The molecule has 126 valence electrons. The van der Waals surface area contributed by atoms with Gasteiger partial charge in [-0.2, -0.15) is 0 Å². The molecule has 2 aliphatic rings. The molecule has 2 saturated heterocycles. The third-order valence-corrected chi connectivity index (χ3v) is 4.76. The van der Waals surface area contributed by atoms with E-state index < -0.39 is 0 Å². The number of fused-ring (bicyclic) bond motifs is 1. The van der Waals surface area contributed by atoms with E-state index in [2.05, 4.69) is 20.4 Å². The van der Waals surface area contributed by atoms with E-state index >= 15 is 0 Å². The van der Waals surface area contributed by atoms with Crippen LogP contribution in [-0.4, -0.2) is 58.3 Å². The van der Waals surface area contributed by atoms with Crippen LogP contribution in [0.1, 0.15) is 17.0 Å². The molecule has 0 radical (unpaired) electrons. The Morgan fingerprint density at radius 1 is 1.33 bits per heavy atom. The van der Waals surface area contributed by atoms with Crippen molar-refractivity contribution in [1.82, 2.24) is 20.0 Å². The average Bonchev–Trinajstić information content (AvgIpc) is 3.30. The summed E-state index contributed by atoms with van der Waals surface area (Å²) in [6, 6.07) is 3.39. The predicted molar refractivity (Wildman–Crippen MR) is 84.3 cm³/mol. The van der Waals surface area contributed by atoms with Gasteiger partial charge in [0.25, 0.3) is 5.91 Å². The summed E-state index contributed by atoms with van der Waals surface area (Å²) in [5.41, 5.74) is 0. The molecule has 2 aromatic rings. The summed E-state index contributed by atoms with van der Waals surface area (Å²) in [6.45, 7) is 2.76. The van der Waals surface area contributed by atoms with Gasteiger partial charge in [-0.25, -0.2) is 9.97 Å². The highest BCUT2D eigenvalue weighted by molar-refractivity contribution is 5.91. The van der Waals surface area contributed by atoms with Gasteiger partial charge in [0.2, 0.25) is 11.7 Å². The molecule has 0 aromatic carbocycles. The quantitative estimate of drug-likeness (QED) is 0.896. The average molecular weight is 329 g/mol. The Kier molecular flexibility index (Phi) is 4.12. The Morgan fingerprint density at radius 3 is 3.00 bits per heavy atom. The smallest absolute Gasteiger partial charge is 0.292 e. The molecule has 3 atom stereocenters. The Balaban J connectivity index is 1.33. The first kappa shape index (κ1) is 15.1. The van der Waals surface area contributed by atoms with Gasteiger partial charge in [0.15, 0.2) is 0 Å². The number of nitrogens with one attached hydrogen (secondary N) is 1. The van der Waals surface area contributed by atoms with Crippen LogP contribution in [-0.2, 0) is 4.74 Å². The molecule has 4 heterocycles. The van der Waals surface area contributed by atoms with Crippen LogP contribution in [0.15, 0.2) is 35.2 Å². The van der Waals surface area contributed by atoms with Gasteiger partial charge in [0.05, 0.1) is 18.9 Å². The fourth-order valence-corrected chi connectivity index (χ4v) is 3.55. The topological polar surface area (TPSA) is 93.4 Å². The van der Waals surface area contributed by atoms with Crippen LogP contribution in [0.5, 0.6) is 0 Å². The van der Waals surface area contributed by atoms with Gasteiger partial charge in [-0.3, -0.25) is 4.79 Å². The molecule has 8 heteroatoms. The van der Waals surface area contributed by atoms with Crippen molar-refractivity contribution in [3.8, 4) is 0 Å². The SMILES string of the molecule is O=C(c1ccno1)N1CC[C@@H]2[C@@H](CO[C@@H]2CNc2ncccn2)C1. The van der Waals surface area contributed by atoms with Gasteiger partial charge in [0.1, 0.15) is 0 Å².